The molecular formula is C56H48N2O2. The van der Waals surface area contributed by atoms with Gasteiger partial charge in [0.15, 0.2) is 11.6 Å². The fourth-order valence-electron chi connectivity index (χ4n) is 11.3. The molecule has 4 nitrogen and oxygen atoms in total. The first-order valence-electron chi connectivity index (χ1n) is 21.2. The van der Waals surface area contributed by atoms with Crippen LogP contribution in [0.25, 0.3) is 0 Å². The van der Waals surface area contributed by atoms with Crippen molar-refractivity contribution < 1.29 is 9.59 Å². The van der Waals surface area contributed by atoms with Crippen molar-refractivity contribution in [2.75, 3.05) is 9.80 Å². The van der Waals surface area contributed by atoms with E-state index in [4.69, 9.17) is 0 Å². The lowest BCUT2D eigenvalue weighted by Crippen LogP contribution is -2.35. The number of ketones is 2. The summed E-state index contributed by atoms with van der Waals surface area (Å²) in [6, 6.07) is 51.4. The summed E-state index contributed by atoms with van der Waals surface area (Å²) in [7, 11) is 0. The largest absolute Gasteiger partial charge is 0.310 e. The summed E-state index contributed by atoms with van der Waals surface area (Å²) in [5, 5.41) is 0. The summed E-state index contributed by atoms with van der Waals surface area (Å²) < 4.78 is 0. The Bertz CT molecular complexity index is 2850. The number of nitrogens with zero attached hydrogens (tertiary/aromatic N) is 2. The third-order valence-electron chi connectivity index (χ3n) is 14.6. The molecule has 0 spiro atoms. The summed E-state index contributed by atoms with van der Waals surface area (Å²) in [6.07, 6.45) is 0. The second kappa shape index (κ2) is 12.0. The van der Waals surface area contributed by atoms with Crippen molar-refractivity contribution >= 4 is 45.7 Å². The lowest BCUT2D eigenvalue weighted by atomic mass is 9.67. The minimum absolute atomic E-state index is 0.0712. The first-order chi connectivity index (χ1) is 28.6. The van der Waals surface area contributed by atoms with Gasteiger partial charge in [-0.1, -0.05) is 152 Å². The van der Waals surface area contributed by atoms with Crippen LogP contribution in [0.15, 0.2) is 146 Å². The van der Waals surface area contributed by atoms with E-state index >= 15 is 0 Å². The zero-order valence-corrected chi connectivity index (χ0v) is 35.6. The Hall–Kier alpha value is -6.52. The molecule has 2 aliphatic carbocycles. The molecule has 0 atom stereocenters. The minimum Gasteiger partial charge on any atom is -0.310 e. The van der Waals surface area contributed by atoms with Gasteiger partial charge in [-0.2, -0.15) is 0 Å². The van der Waals surface area contributed by atoms with E-state index in [-0.39, 0.29) is 33.2 Å². The molecule has 2 aliphatic heterocycles. The van der Waals surface area contributed by atoms with Crippen molar-refractivity contribution in [2.45, 2.75) is 77.0 Å². The molecule has 0 saturated heterocycles. The van der Waals surface area contributed by atoms with Crippen molar-refractivity contribution in [3.63, 3.8) is 0 Å². The average Bonchev–Trinajstić information content (AvgIpc) is 3.25. The summed E-state index contributed by atoms with van der Waals surface area (Å²) >= 11 is 0. The van der Waals surface area contributed by atoms with Crippen LogP contribution in [0.1, 0.15) is 132 Å². The van der Waals surface area contributed by atoms with Gasteiger partial charge in [0, 0.05) is 55.3 Å². The maximum Gasteiger partial charge on any atom is 0.193 e. The highest BCUT2D eigenvalue weighted by Gasteiger charge is 2.45. The van der Waals surface area contributed by atoms with Crippen LogP contribution < -0.4 is 9.80 Å². The Morgan fingerprint density at radius 1 is 0.300 bits per heavy atom. The number of hydrogen-bond donors (Lipinski definition) is 0. The predicted molar refractivity (Wildman–Crippen MR) is 244 cm³/mol. The highest BCUT2D eigenvalue weighted by atomic mass is 16.1. The van der Waals surface area contributed by atoms with Crippen molar-refractivity contribution in [2.24, 2.45) is 0 Å². The lowest BCUT2D eigenvalue weighted by molar-refractivity contribution is 0.102. The fourth-order valence-corrected chi connectivity index (χ4v) is 11.3. The summed E-state index contributed by atoms with van der Waals surface area (Å²) in [5.74, 6) is 0.142. The highest BCUT2D eigenvalue weighted by Crippen LogP contribution is 2.59. The predicted octanol–water partition coefficient (Wildman–Crippen LogP) is 13.6. The number of anilines is 6. The quantitative estimate of drug-likeness (QED) is 0.175. The second-order valence-corrected chi connectivity index (χ2v) is 19.3. The van der Waals surface area contributed by atoms with Crippen molar-refractivity contribution in [1.29, 1.82) is 0 Å². The van der Waals surface area contributed by atoms with Gasteiger partial charge in [-0.15, -0.1) is 0 Å². The van der Waals surface area contributed by atoms with Gasteiger partial charge in [-0.3, -0.25) is 9.59 Å². The zero-order chi connectivity index (χ0) is 41.7. The zero-order valence-electron chi connectivity index (χ0n) is 35.6. The van der Waals surface area contributed by atoms with Gasteiger partial charge < -0.3 is 9.80 Å². The molecule has 0 unspecified atom stereocenters. The molecule has 294 valence electrons. The van der Waals surface area contributed by atoms with Crippen LogP contribution in [0.2, 0.25) is 0 Å². The number of rotatable bonds is 2. The van der Waals surface area contributed by atoms with E-state index in [0.29, 0.717) is 0 Å². The normalized spacial score (nSPS) is 17.9. The van der Waals surface area contributed by atoms with E-state index < -0.39 is 0 Å². The Morgan fingerprint density at radius 2 is 0.617 bits per heavy atom. The molecule has 0 bridgehead atoms. The molecule has 0 aromatic heterocycles. The highest BCUT2D eigenvalue weighted by molar-refractivity contribution is 6.15. The number of para-hydroxylation sites is 2. The van der Waals surface area contributed by atoms with E-state index in [0.717, 1.165) is 78.6 Å². The molecule has 4 heteroatoms. The first-order valence-corrected chi connectivity index (χ1v) is 21.2. The van der Waals surface area contributed by atoms with E-state index in [1.165, 1.54) is 22.3 Å². The Labute approximate surface area is 353 Å². The molecular weight excluding hydrogens is 733 g/mol. The minimum atomic E-state index is -0.366. The monoisotopic (exact) mass is 780 g/mol. The molecule has 2 heterocycles. The molecule has 4 aliphatic rings. The molecule has 0 radical (unpaired) electrons. The third-order valence-corrected chi connectivity index (χ3v) is 14.6. The van der Waals surface area contributed by atoms with Crippen LogP contribution >= 0.6 is 0 Å². The lowest BCUT2D eigenvalue weighted by Gasteiger charge is -2.47. The molecule has 7 aromatic rings. The SMILES string of the molecule is CC1(C)c2ccccc2C(=O)c2cc(N3c4ccccc4C(C)(C)c4cc5c(cc43)C(C)(C)c3ccccc3N5c3ccc4c(c3)C(=O)c3ccccc3C4(C)C)ccc21. The molecule has 11 rings (SSSR count). The van der Waals surface area contributed by atoms with Gasteiger partial charge in [0.25, 0.3) is 0 Å². The van der Waals surface area contributed by atoms with Crippen LogP contribution in [0.4, 0.5) is 34.1 Å². The summed E-state index contributed by atoms with van der Waals surface area (Å²) in [6.45, 7) is 18.2. The Kier molecular flexibility index (Phi) is 7.33. The molecule has 7 aromatic carbocycles. The van der Waals surface area contributed by atoms with Gasteiger partial charge in [-0.25, -0.2) is 0 Å². The maximum atomic E-state index is 14.4. The van der Waals surface area contributed by atoms with E-state index in [9.17, 15) is 9.59 Å². The maximum absolute atomic E-state index is 14.4. The van der Waals surface area contributed by atoms with Gasteiger partial charge >= 0.3 is 0 Å². The Balaban J connectivity index is 1.14. The van der Waals surface area contributed by atoms with Gasteiger partial charge in [0.05, 0.1) is 22.7 Å². The van der Waals surface area contributed by atoms with E-state index in [1.54, 1.807) is 0 Å². The van der Waals surface area contributed by atoms with Crippen LogP contribution in [-0.2, 0) is 21.7 Å². The molecule has 0 amide bonds. The average molecular weight is 781 g/mol. The van der Waals surface area contributed by atoms with E-state index in [1.807, 2.05) is 36.4 Å². The van der Waals surface area contributed by atoms with Gasteiger partial charge in [-0.05, 0) is 93.0 Å². The molecule has 0 N–H and O–H groups in total. The number of carbonyl (C=O) groups excluding carboxylic acids is 2. The molecule has 60 heavy (non-hydrogen) atoms. The number of fused-ring (bicyclic) bond motifs is 8. The topological polar surface area (TPSA) is 40.6 Å². The van der Waals surface area contributed by atoms with Crippen LogP contribution in [0, 0.1) is 0 Å². The van der Waals surface area contributed by atoms with E-state index in [2.05, 4.69) is 174 Å². The number of hydrogen-bond acceptors (Lipinski definition) is 4. The third kappa shape index (κ3) is 4.68. The number of benzene rings is 7. The fraction of sp³-hybridized carbons (Fsp3) is 0.214. The summed E-state index contributed by atoms with van der Waals surface area (Å²) in [4.78, 5) is 33.5. The van der Waals surface area contributed by atoms with Crippen LogP contribution in [0.5, 0.6) is 0 Å². The van der Waals surface area contributed by atoms with Crippen molar-refractivity contribution in [1.82, 2.24) is 0 Å². The first kappa shape index (κ1) is 36.6. The van der Waals surface area contributed by atoms with Crippen LogP contribution in [-0.4, -0.2) is 11.6 Å². The van der Waals surface area contributed by atoms with Crippen LogP contribution in [0.3, 0.4) is 0 Å². The van der Waals surface area contributed by atoms with Crippen molar-refractivity contribution in [3.8, 4) is 0 Å². The number of carbonyl (C=O) groups is 2. The molecule has 0 saturated carbocycles. The van der Waals surface area contributed by atoms with Gasteiger partial charge in [0.1, 0.15) is 0 Å². The standard InChI is InChI=1S/C56H48N2O2/c1-53(2)39-19-11-9-17-35(39)51(59)37-29-33(25-27-41(37)53)57-47-23-15-13-21-43(47)55(5,6)45-32-50-46(31-49(45)57)56(7,8)44-22-14-16-24-48(44)58(50)34-26-28-42-38(30-34)52(60)36-18-10-12-20-40(36)54(42,3)4/h9-32H,1-8H3. The van der Waals surface area contributed by atoms with Gasteiger partial charge in [0.2, 0.25) is 0 Å². The second-order valence-electron chi connectivity index (χ2n) is 19.3. The summed E-state index contributed by atoms with van der Waals surface area (Å²) in [5.41, 5.74) is 17.1. The Morgan fingerprint density at radius 3 is 1.02 bits per heavy atom. The van der Waals surface area contributed by atoms with Crippen molar-refractivity contribution in [3.05, 3.63) is 212 Å². The molecule has 0 fully saturated rings. The smallest absolute Gasteiger partial charge is 0.193 e.